The number of sulfonamides is 1. The third kappa shape index (κ3) is 4.94. The van der Waals surface area contributed by atoms with E-state index in [2.05, 4.69) is 14.6 Å². The Balaban J connectivity index is 1.46. The lowest BCUT2D eigenvalue weighted by Gasteiger charge is -2.36. The van der Waals surface area contributed by atoms with Crippen molar-refractivity contribution in [3.05, 3.63) is 46.4 Å². The lowest BCUT2D eigenvalue weighted by molar-refractivity contribution is -0.384. The van der Waals surface area contributed by atoms with Gasteiger partial charge in [0.05, 0.1) is 4.92 Å². The van der Waals surface area contributed by atoms with Crippen molar-refractivity contribution in [2.75, 3.05) is 37.6 Å². The summed E-state index contributed by atoms with van der Waals surface area (Å²) in [6, 6.07) is 6.32. The Bertz CT molecular complexity index is 1010. The summed E-state index contributed by atoms with van der Waals surface area (Å²) in [6.45, 7) is 3.91. The molecule has 11 nitrogen and oxygen atoms in total. The first-order chi connectivity index (χ1) is 14.2. The van der Waals surface area contributed by atoms with Gasteiger partial charge in [-0.2, -0.15) is 0 Å². The maximum atomic E-state index is 12.4. The van der Waals surface area contributed by atoms with Crippen LogP contribution in [-0.2, 0) is 21.9 Å². The molecule has 30 heavy (non-hydrogen) atoms. The number of non-ortho nitro benzene ring substituents is 1. The number of carbonyl (C=O) groups is 1. The Kier molecular flexibility index (Phi) is 6.37. The van der Waals surface area contributed by atoms with Crippen LogP contribution in [0, 0.1) is 17.0 Å². The van der Waals surface area contributed by atoms with Crippen LogP contribution < -0.4 is 9.62 Å². The minimum atomic E-state index is -3.75. The molecular formula is C18H24N6O5S. The van der Waals surface area contributed by atoms with Crippen LogP contribution in [0.3, 0.4) is 0 Å². The zero-order valence-corrected chi connectivity index (χ0v) is 17.6. The first-order valence-electron chi connectivity index (χ1n) is 9.44. The average molecular weight is 436 g/mol. The number of amides is 1. The highest BCUT2D eigenvalue weighted by atomic mass is 32.2. The van der Waals surface area contributed by atoms with E-state index in [1.807, 2.05) is 0 Å². The van der Waals surface area contributed by atoms with Gasteiger partial charge >= 0.3 is 0 Å². The van der Waals surface area contributed by atoms with Gasteiger partial charge in [-0.25, -0.2) is 18.1 Å². The van der Waals surface area contributed by atoms with Crippen LogP contribution in [0.2, 0.25) is 0 Å². The molecule has 1 aromatic heterocycles. The highest BCUT2D eigenvalue weighted by Gasteiger charge is 2.23. The van der Waals surface area contributed by atoms with Gasteiger partial charge in [0.15, 0.2) is 5.03 Å². The maximum absolute atomic E-state index is 12.4. The van der Waals surface area contributed by atoms with E-state index in [0.29, 0.717) is 32.0 Å². The number of aromatic nitrogens is 2. The maximum Gasteiger partial charge on any atom is 0.269 e. The second-order valence-electron chi connectivity index (χ2n) is 7.03. The summed E-state index contributed by atoms with van der Waals surface area (Å²) < 4.78 is 28.6. The topological polar surface area (TPSA) is 131 Å². The number of nitrogens with zero attached hydrogens (tertiary/aromatic N) is 5. The lowest BCUT2D eigenvalue weighted by atomic mass is 10.2. The number of anilines is 1. The molecule has 1 saturated heterocycles. The number of carbonyl (C=O) groups excluding carboxylic acids is 1. The molecule has 0 bridgehead atoms. The zero-order valence-electron chi connectivity index (χ0n) is 16.8. The number of hydrogen-bond donors (Lipinski definition) is 1. The molecule has 0 unspecified atom stereocenters. The van der Waals surface area contributed by atoms with Crippen LogP contribution in [0.15, 0.2) is 35.5 Å². The largest absolute Gasteiger partial charge is 0.368 e. The number of aryl methyl sites for hydroxylation is 2. The molecule has 0 aliphatic carbocycles. The van der Waals surface area contributed by atoms with Gasteiger partial charge in [0.25, 0.3) is 15.7 Å². The number of nitro benzene ring substituents is 1. The predicted octanol–water partition coefficient (Wildman–Crippen LogP) is 0.654. The van der Waals surface area contributed by atoms with Crippen LogP contribution in [-0.4, -0.2) is 66.4 Å². The highest BCUT2D eigenvalue weighted by Crippen LogP contribution is 2.20. The molecule has 1 N–H and O–H groups in total. The quantitative estimate of drug-likeness (QED) is 0.498. The van der Waals surface area contributed by atoms with Gasteiger partial charge in [0.2, 0.25) is 5.91 Å². The first-order valence-corrected chi connectivity index (χ1v) is 10.9. The monoisotopic (exact) mass is 436 g/mol. The summed E-state index contributed by atoms with van der Waals surface area (Å²) in [5.41, 5.74) is 0.905. The highest BCUT2D eigenvalue weighted by molar-refractivity contribution is 7.89. The fourth-order valence-corrected chi connectivity index (χ4v) is 4.25. The number of nitro groups is 1. The molecule has 0 radical (unpaired) electrons. The lowest BCUT2D eigenvalue weighted by Crippen LogP contribution is -2.49. The van der Waals surface area contributed by atoms with E-state index in [1.165, 1.54) is 18.3 Å². The Hall–Kier alpha value is -2.99. The van der Waals surface area contributed by atoms with Crippen molar-refractivity contribution in [3.63, 3.8) is 0 Å². The molecule has 0 atom stereocenters. The summed E-state index contributed by atoms with van der Waals surface area (Å²) in [6.07, 6.45) is 1.49. The van der Waals surface area contributed by atoms with Crippen LogP contribution in [0.1, 0.15) is 12.2 Å². The van der Waals surface area contributed by atoms with Gasteiger partial charge in [0, 0.05) is 70.2 Å². The summed E-state index contributed by atoms with van der Waals surface area (Å²) in [7, 11) is -2.04. The number of benzene rings is 1. The van der Waals surface area contributed by atoms with Crippen LogP contribution in [0.4, 0.5) is 11.4 Å². The van der Waals surface area contributed by atoms with Crippen molar-refractivity contribution in [2.45, 2.75) is 18.4 Å². The number of rotatable bonds is 7. The van der Waals surface area contributed by atoms with E-state index in [4.69, 9.17) is 0 Å². The van der Waals surface area contributed by atoms with Gasteiger partial charge in [-0.1, -0.05) is 0 Å². The van der Waals surface area contributed by atoms with Gasteiger partial charge in [-0.3, -0.25) is 14.9 Å². The number of hydrogen-bond acceptors (Lipinski definition) is 7. The molecule has 3 rings (SSSR count). The van der Waals surface area contributed by atoms with E-state index < -0.39 is 14.9 Å². The van der Waals surface area contributed by atoms with Crippen molar-refractivity contribution < 1.29 is 18.1 Å². The fraction of sp³-hybridized carbons (Fsp3) is 0.444. The normalized spacial score (nSPS) is 14.7. The molecule has 1 aliphatic rings. The third-order valence-corrected chi connectivity index (χ3v) is 6.38. The number of piperazine rings is 1. The average Bonchev–Trinajstić information content (AvgIpc) is 3.07. The molecular weight excluding hydrogens is 412 g/mol. The second kappa shape index (κ2) is 8.79. The zero-order chi connectivity index (χ0) is 21.9. The van der Waals surface area contributed by atoms with Gasteiger partial charge in [-0.15, -0.1) is 0 Å². The number of nitrogens with one attached hydrogen (secondary N) is 1. The third-order valence-electron chi connectivity index (χ3n) is 5.05. The van der Waals surface area contributed by atoms with Crippen LogP contribution >= 0.6 is 0 Å². The first kappa shape index (κ1) is 21.7. The standard InChI is InChI=1S/C18H24N6O5S/c1-14-20-17(13-21(14)2)30(28,29)19-8-7-18(25)23-11-9-22(10-12-23)15-3-5-16(6-4-15)24(26)27/h3-6,13,19H,7-12H2,1-2H3. The predicted molar refractivity (Wildman–Crippen MR) is 110 cm³/mol. The smallest absolute Gasteiger partial charge is 0.269 e. The van der Waals surface area contributed by atoms with Gasteiger partial charge in [0.1, 0.15) is 5.82 Å². The van der Waals surface area contributed by atoms with Crippen molar-refractivity contribution in [2.24, 2.45) is 7.05 Å². The number of imidazole rings is 1. The molecule has 1 aromatic carbocycles. The van der Waals surface area contributed by atoms with Crippen molar-refractivity contribution in [1.82, 2.24) is 19.2 Å². The fourth-order valence-electron chi connectivity index (χ4n) is 3.18. The molecule has 12 heteroatoms. The summed E-state index contributed by atoms with van der Waals surface area (Å²) in [5, 5.41) is 10.7. The molecule has 0 saturated carbocycles. The Labute approximate surface area is 174 Å². The molecule has 2 heterocycles. The molecule has 0 spiro atoms. The van der Waals surface area contributed by atoms with Crippen molar-refractivity contribution in [1.29, 1.82) is 0 Å². The minimum Gasteiger partial charge on any atom is -0.368 e. The summed E-state index contributed by atoms with van der Waals surface area (Å²) >= 11 is 0. The van der Waals surface area contributed by atoms with E-state index in [1.54, 1.807) is 35.6 Å². The Morgan fingerprint density at radius 2 is 1.83 bits per heavy atom. The molecule has 1 aliphatic heterocycles. The minimum absolute atomic E-state index is 0.000639. The molecule has 162 valence electrons. The van der Waals surface area contributed by atoms with Crippen LogP contribution in [0.5, 0.6) is 0 Å². The molecule has 1 amide bonds. The van der Waals surface area contributed by atoms with Crippen molar-refractivity contribution in [3.8, 4) is 0 Å². The van der Waals surface area contributed by atoms with E-state index >= 15 is 0 Å². The van der Waals surface area contributed by atoms with E-state index in [0.717, 1.165) is 5.69 Å². The van der Waals surface area contributed by atoms with Crippen LogP contribution in [0.25, 0.3) is 0 Å². The Morgan fingerprint density at radius 3 is 2.37 bits per heavy atom. The van der Waals surface area contributed by atoms with E-state index in [-0.39, 0.29) is 29.6 Å². The van der Waals surface area contributed by atoms with Crippen molar-refractivity contribution >= 4 is 27.3 Å². The molecule has 1 fully saturated rings. The second-order valence-corrected chi connectivity index (χ2v) is 8.74. The van der Waals surface area contributed by atoms with E-state index in [9.17, 15) is 23.3 Å². The SMILES string of the molecule is Cc1nc(S(=O)(=O)NCCC(=O)N2CCN(c3ccc([N+](=O)[O-])cc3)CC2)cn1C. The van der Waals surface area contributed by atoms with Gasteiger partial charge < -0.3 is 14.4 Å². The Morgan fingerprint density at radius 1 is 1.20 bits per heavy atom. The summed E-state index contributed by atoms with van der Waals surface area (Å²) in [4.78, 5) is 30.5. The van der Waals surface area contributed by atoms with Gasteiger partial charge in [-0.05, 0) is 19.1 Å². The molecule has 2 aromatic rings. The summed E-state index contributed by atoms with van der Waals surface area (Å²) in [5.74, 6) is 0.454.